The standard InChI is InChI=1S/C16H32O7/c1-5-10(2)7-6-8-16(3,4)23-15(22)14(21)13(20)12(19)11(18)9-17/h10-14,17-21H,5-9H2,1-4H3. The second kappa shape index (κ2) is 10.2. The van der Waals surface area contributed by atoms with Gasteiger partial charge < -0.3 is 30.3 Å². The highest BCUT2D eigenvalue weighted by atomic mass is 16.6. The summed E-state index contributed by atoms with van der Waals surface area (Å²) in [6, 6.07) is 0. The van der Waals surface area contributed by atoms with Crippen molar-refractivity contribution in [3.05, 3.63) is 0 Å². The molecule has 0 radical (unpaired) electrons. The van der Waals surface area contributed by atoms with Crippen LogP contribution >= 0.6 is 0 Å². The minimum atomic E-state index is -2.00. The normalized spacial score (nSPS) is 18.8. The first-order valence-electron chi connectivity index (χ1n) is 8.11. The lowest BCUT2D eigenvalue weighted by molar-refractivity contribution is -0.182. The van der Waals surface area contributed by atoms with Crippen molar-refractivity contribution >= 4 is 5.97 Å². The van der Waals surface area contributed by atoms with E-state index < -0.39 is 42.6 Å². The van der Waals surface area contributed by atoms with Crippen LogP contribution in [0.4, 0.5) is 0 Å². The van der Waals surface area contributed by atoms with Crippen molar-refractivity contribution in [2.24, 2.45) is 5.92 Å². The number of rotatable bonds is 11. The van der Waals surface area contributed by atoms with Gasteiger partial charge in [-0.3, -0.25) is 0 Å². The first kappa shape index (κ1) is 22.3. The zero-order chi connectivity index (χ0) is 18.2. The van der Waals surface area contributed by atoms with E-state index in [9.17, 15) is 25.2 Å². The average molecular weight is 336 g/mol. The molecule has 0 saturated carbocycles. The maximum atomic E-state index is 11.9. The highest BCUT2D eigenvalue weighted by molar-refractivity contribution is 5.75. The molecule has 7 heteroatoms. The molecule has 0 heterocycles. The van der Waals surface area contributed by atoms with Crippen LogP contribution in [0.2, 0.25) is 0 Å². The second-order valence-corrected chi connectivity index (χ2v) is 6.76. The zero-order valence-corrected chi connectivity index (χ0v) is 14.5. The van der Waals surface area contributed by atoms with Crippen LogP contribution in [-0.2, 0) is 9.53 Å². The van der Waals surface area contributed by atoms with Crippen LogP contribution < -0.4 is 0 Å². The highest BCUT2D eigenvalue weighted by Gasteiger charge is 2.37. The van der Waals surface area contributed by atoms with Gasteiger partial charge in [0.2, 0.25) is 0 Å². The number of esters is 1. The van der Waals surface area contributed by atoms with Gasteiger partial charge in [0.15, 0.2) is 6.10 Å². The predicted octanol–water partition coefficient (Wildman–Crippen LogP) is -0.0395. The maximum Gasteiger partial charge on any atom is 0.338 e. The Morgan fingerprint density at radius 2 is 1.70 bits per heavy atom. The SMILES string of the molecule is CCC(C)CCCC(C)(C)OC(=O)C(O)C(O)C(O)C(O)CO. The van der Waals surface area contributed by atoms with Gasteiger partial charge in [0.05, 0.1) is 6.61 Å². The van der Waals surface area contributed by atoms with E-state index in [1.54, 1.807) is 13.8 Å². The van der Waals surface area contributed by atoms with E-state index in [-0.39, 0.29) is 0 Å². The van der Waals surface area contributed by atoms with E-state index in [0.29, 0.717) is 12.3 Å². The highest BCUT2D eigenvalue weighted by Crippen LogP contribution is 2.22. The number of ether oxygens (including phenoxy) is 1. The van der Waals surface area contributed by atoms with Crippen molar-refractivity contribution in [2.45, 2.75) is 83.4 Å². The summed E-state index contributed by atoms with van der Waals surface area (Å²) in [4.78, 5) is 11.9. The van der Waals surface area contributed by atoms with Gasteiger partial charge in [0.25, 0.3) is 0 Å². The van der Waals surface area contributed by atoms with Crippen molar-refractivity contribution in [3.63, 3.8) is 0 Å². The topological polar surface area (TPSA) is 127 Å². The van der Waals surface area contributed by atoms with Crippen LogP contribution in [-0.4, -0.2) is 68.1 Å². The summed E-state index contributed by atoms with van der Waals surface area (Å²) >= 11 is 0. The van der Waals surface area contributed by atoms with Gasteiger partial charge in [-0.1, -0.05) is 26.7 Å². The molecule has 0 aromatic rings. The van der Waals surface area contributed by atoms with Crippen LogP contribution in [0.15, 0.2) is 0 Å². The molecule has 0 amide bonds. The molecule has 0 rings (SSSR count). The molecule has 7 nitrogen and oxygen atoms in total. The lowest BCUT2D eigenvalue weighted by atomic mass is 9.95. The van der Waals surface area contributed by atoms with Gasteiger partial charge in [-0.05, 0) is 32.6 Å². The van der Waals surface area contributed by atoms with Crippen molar-refractivity contribution in [2.75, 3.05) is 6.61 Å². The third-order valence-electron chi connectivity index (χ3n) is 4.05. The zero-order valence-electron chi connectivity index (χ0n) is 14.5. The summed E-state index contributed by atoms with van der Waals surface area (Å²) in [6.45, 7) is 6.87. The average Bonchev–Trinajstić information content (AvgIpc) is 2.50. The molecule has 0 aliphatic carbocycles. The van der Waals surface area contributed by atoms with Crippen LogP contribution in [0, 0.1) is 5.92 Å². The summed E-state index contributed by atoms with van der Waals surface area (Å²) in [5, 5.41) is 46.8. The number of aliphatic hydroxyl groups excluding tert-OH is 5. The fourth-order valence-corrected chi connectivity index (χ4v) is 2.13. The minimum absolute atomic E-state index is 0.587. The fourth-order valence-electron chi connectivity index (χ4n) is 2.13. The van der Waals surface area contributed by atoms with Gasteiger partial charge in [0.1, 0.15) is 23.9 Å². The molecule has 0 saturated heterocycles. The van der Waals surface area contributed by atoms with Gasteiger partial charge >= 0.3 is 5.97 Å². The summed E-state index contributed by atoms with van der Waals surface area (Å²) in [5.74, 6) is -0.487. The maximum absolute atomic E-state index is 11.9. The number of hydrogen-bond donors (Lipinski definition) is 5. The first-order valence-corrected chi connectivity index (χ1v) is 8.11. The smallest absolute Gasteiger partial charge is 0.338 e. The molecule has 5 atom stereocenters. The quantitative estimate of drug-likeness (QED) is 0.335. The van der Waals surface area contributed by atoms with Crippen LogP contribution in [0.25, 0.3) is 0 Å². The molecule has 0 spiro atoms. The summed E-state index contributed by atoms with van der Waals surface area (Å²) in [6.07, 6.45) is -3.90. The fraction of sp³-hybridized carbons (Fsp3) is 0.938. The van der Waals surface area contributed by atoms with E-state index >= 15 is 0 Å². The Morgan fingerprint density at radius 3 is 2.17 bits per heavy atom. The molecule has 0 aromatic carbocycles. The molecule has 23 heavy (non-hydrogen) atoms. The van der Waals surface area contributed by atoms with E-state index in [1.807, 2.05) is 0 Å². The Labute approximate surface area is 137 Å². The summed E-state index contributed by atoms with van der Waals surface area (Å²) in [5.41, 5.74) is -0.814. The lowest BCUT2D eigenvalue weighted by Crippen LogP contribution is -2.50. The van der Waals surface area contributed by atoms with Gasteiger partial charge in [-0.2, -0.15) is 0 Å². The molecular formula is C16H32O7. The number of hydrogen-bond acceptors (Lipinski definition) is 7. The minimum Gasteiger partial charge on any atom is -0.458 e. The molecule has 0 fully saturated rings. The van der Waals surface area contributed by atoms with Crippen molar-refractivity contribution in [1.29, 1.82) is 0 Å². The molecule has 0 aliphatic rings. The number of carbonyl (C=O) groups is 1. The van der Waals surface area contributed by atoms with Gasteiger partial charge in [0, 0.05) is 0 Å². The molecule has 5 unspecified atom stereocenters. The Morgan fingerprint density at radius 1 is 1.13 bits per heavy atom. The van der Waals surface area contributed by atoms with Gasteiger partial charge in [-0.25, -0.2) is 4.79 Å². The number of aliphatic hydroxyl groups is 5. The molecule has 5 N–H and O–H groups in total. The largest absolute Gasteiger partial charge is 0.458 e. The van der Waals surface area contributed by atoms with E-state index in [4.69, 9.17) is 9.84 Å². The van der Waals surface area contributed by atoms with Crippen LogP contribution in [0.3, 0.4) is 0 Å². The van der Waals surface area contributed by atoms with Crippen LogP contribution in [0.5, 0.6) is 0 Å². The predicted molar refractivity (Wildman–Crippen MR) is 84.6 cm³/mol. The molecule has 0 aliphatic heterocycles. The molecule has 138 valence electrons. The second-order valence-electron chi connectivity index (χ2n) is 6.76. The Bertz CT molecular complexity index is 345. The Kier molecular flexibility index (Phi) is 9.88. The Balaban J connectivity index is 4.48. The van der Waals surface area contributed by atoms with Crippen molar-refractivity contribution in [3.8, 4) is 0 Å². The molecule has 0 aromatic heterocycles. The van der Waals surface area contributed by atoms with Crippen LogP contribution in [0.1, 0.15) is 53.4 Å². The lowest BCUT2D eigenvalue weighted by Gasteiger charge is -2.29. The first-order chi connectivity index (χ1) is 10.6. The summed E-state index contributed by atoms with van der Waals surface area (Å²) < 4.78 is 5.20. The molecule has 0 bridgehead atoms. The summed E-state index contributed by atoms with van der Waals surface area (Å²) in [7, 11) is 0. The molecular weight excluding hydrogens is 304 g/mol. The monoisotopic (exact) mass is 336 g/mol. The van der Waals surface area contributed by atoms with E-state index in [0.717, 1.165) is 19.3 Å². The van der Waals surface area contributed by atoms with E-state index in [1.165, 1.54) is 0 Å². The van der Waals surface area contributed by atoms with E-state index in [2.05, 4.69) is 13.8 Å². The van der Waals surface area contributed by atoms with Crippen molar-refractivity contribution < 1.29 is 35.1 Å². The van der Waals surface area contributed by atoms with Gasteiger partial charge in [-0.15, -0.1) is 0 Å². The Hall–Kier alpha value is -0.730. The van der Waals surface area contributed by atoms with Crippen molar-refractivity contribution in [1.82, 2.24) is 0 Å². The third-order valence-corrected chi connectivity index (χ3v) is 4.05. The third kappa shape index (κ3) is 8.08. The number of carbonyl (C=O) groups excluding carboxylic acids is 1.